The highest BCUT2D eigenvalue weighted by Gasteiger charge is 2.30. The lowest BCUT2D eigenvalue weighted by molar-refractivity contribution is 0.454. The highest BCUT2D eigenvalue weighted by molar-refractivity contribution is 5.79. The molecule has 1 aromatic carbocycles. The SMILES string of the molecule is Nc1ccc2c(c1)nc(C1CC1)n2CC1CCCC1. The first-order chi connectivity index (χ1) is 9.31. The summed E-state index contributed by atoms with van der Waals surface area (Å²) in [6.45, 7) is 1.16. The molecular formula is C16H21N3. The maximum atomic E-state index is 5.89. The van der Waals surface area contributed by atoms with Crippen molar-refractivity contribution in [2.24, 2.45) is 5.92 Å². The molecule has 0 saturated heterocycles. The van der Waals surface area contributed by atoms with E-state index in [1.54, 1.807) is 0 Å². The third kappa shape index (κ3) is 2.01. The molecule has 2 saturated carbocycles. The van der Waals surface area contributed by atoms with E-state index in [0.717, 1.165) is 23.7 Å². The minimum Gasteiger partial charge on any atom is -0.399 e. The van der Waals surface area contributed by atoms with Gasteiger partial charge in [-0.25, -0.2) is 4.98 Å². The van der Waals surface area contributed by atoms with Crippen molar-refractivity contribution in [3.63, 3.8) is 0 Å². The van der Waals surface area contributed by atoms with Gasteiger partial charge in [0, 0.05) is 18.2 Å². The molecule has 100 valence electrons. The topological polar surface area (TPSA) is 43.8 Å². The van der Waals surface area contributed by atoms with Gasteiger partial charge in [0.1, 0.15) is 5.82 Å². The van der Waals surface area contributed by atoms with E-state index in [2.05, 4.69) is 10.6 Å². The summed E-state index contributed by atoms with van der Waals surface area (Å²) in [5.74, 6) is 2.87. The first kappa shape index (κ1) is 11.3. The first-order valence-electron chi connectivity index (χ1n) is 7.57. The van der Waals surface area contributed by atoms with Gasteiger partial charge in [0.05, 0.1) is 11.0 Å². The van der Waals surface area contributed by atoms with Gasteiger partial charge < -0.3 is 10.3 Å². The van der Waals surface area contributed by atoms with Gasteiger partial charge in [0.2, 0.25) is 0 Å². The number of nitrogen functional groups attached to an aromatic ring is 1. The summed E-state index contributed by atoms with van der Waals surface area (Å²) in [5.41, 5.74) is 9.07. The van der Waals surface area contributed by atoms with Gasteiger partial charge in [-0.3, -0.25) is 0 Å². The minimum atomic E-state index is 0.704. The second-order valence-corrected chi connectivity index (χ2v) is 6.25. The fraction of sp³-hybridized carbons (Fsp3) is 0.562. The summed E-state index contributed by atoms with van der Waals surface area (Å²) < 4.78 is 2.49. The number of anilines is 1. The summed E-state index contributed by atoms with van der Waals surface area (Å²) >= 11 is 0. The van der Waals surface area contributed by atoms with Crippen molar-refractivity contribution in [2.75, 3.05) is 5.73 Å². The van der Waals surface area contributed by atoms with E-state index >= 15 is 0 Å². The Morgan fingerprint density at radius 3 is 2.68 bits per heavy atom. The standard InChI is InChI=1S/C16H21N3/c17-13-7-8-15-14(9-13)18-16(12-5-6-12)19(15)10-11-3-1-2-4-11/h7-9,11-12H,1-6,10,17H2. The molecule has 0 amide bonds. The van der Waals surface area contributed by atoms with Crippen molar-refractivity contribution < 1.29 is 0 Å². The van der Waals surface area contributed by atoms with E-state index in [0.29, 0.717) is 5.92 Å². The van der Waals surface area contributed by atoms with Gasteiger partial charge in [0.15, 0.2) is 0 Å². The second kappa shape index (κ2) is 4.26. The second-order valence-electron chi connectivity index (χ2n) is 6.25. The van der Waals surface area contributed by atoms with E-state index in [4.69, 9.17) is 10.7 Å². The van der Waals surface area contributed by atoms with Crippen LogP contribution in [0.15, 0.2) is 18.2 Å². The van der Waals surface area contributed by atoms with Crippen LogP contribution in [0.4, 0.5) is 5.69 Å². The fourth-order valence-electron chi connectivity index (χ4n) is 3.46. The molecule has 2 aliphatic carbocycles. The molecule has 0 radical (unpaired) electrons. The molecule has 2 aliphatic rings. The summed E-state index contributed by atoms with van der Waals surface area (Å²) in [5, 5.41) is 0. The third-order valence-electron chi connectivity index (χ3n) is 4.66. The monoisotopic (exact) mass is 255 g/mol. The van der Waals surface area contributed by atoms with Crippen LogP contribution < -0.4 is 5.73 Å². The molecule has 1 aromatic heterocycles. The lowest BCUT2D eigenvalue weighted by Gasteiger charge is -2.14. The summed E-state index contributed by atoms with van der Waals surface area (Å²) in [6.07, 6.45) is 8.20. The Bertz CT molecular complexity index is 604. The largest absolute Gasteiger partial charge is 0.399 e. The van der Waals surface area contributed by atoms with E-state index in [1.807, 2.05) is 12.1 Å². The van der Waals surface area contributed by atoms with Crippen LogP contribution in [0, 0.1) is 5.92 Å². The molecule has 3 heteroatoms. The predicted molar refractivity (Wildman–Crippen MR) is 78.1 cm³/mol. The average molecular weight is 255 g/mol. The zero-order valence-corrected chi connectivity index (χ0v) is 11.3. The number of nitrogens with two attached hydrogens (primary N) is 1. The normalized spacial score (nSPS) is 20.4. The number of benzene rings is 1. The van der Waals surface area contributed by atoms with E-state index < -0.39 is 0 Å². The van der Waals surface area contributed by atoms with E-state index in [9.17, 15) is 0 Å². The van der Waals surface area contributed by atoms with Crippen LogP contribution in [0.5, 0.6) is 0 Å². The molecule has 1 heterocycles. The zero-order valence-electron chi connectivity index (χ0n) is 11.3. The Kier molecular flexibility index (Phi) is 2.54. The Morgan fingerprint density at radius 2 is 1.95 bits per heavy atom. The van der Waals surface area contributed by atoms with Gasteiger partial charge in [-0.1, -0.05) is 12.8 Å². The van der Waals surface area contributed by atoms with Crippen LogP contribution in [0.25, 0.3) is 11.0 Å². The summed E-state index contributed by atoms with van der Waals surface area (Å²) in [6, 6.07) is 6.18. The average Bonchev–Trinajstić information content (AvgIpc) is 3.00. The predicted octanol–water partition coefficient (Wildman–Crippen LogP) is 3.69. The van der Waals surface area contributed by atoms with Crippen LogP contribution in [0.3, 0.4) is 0 Å². The Balaban J connectivity index is 1.78. The lowest BCUT2D eigenvalue weighted by Crippen LogP contribution is -2.10. The summed E-state index contributed by atoms with van der Waals surface area (Å²) in [4.78, 5) is 4.86. The van der Waals surface area contributed by atoms with Crippen LogP contribution in [0.2, 0.25) is 0 Å². The van der Waals surface area contributed by atoms with Gasteiger partial charge in [0.25, 0.3) is 0 Å². The molecule has 2 N–H and O–H groups in total. The highest BCUT2D eigenvalue weighted by atomic mass is 15.1. The molecule has 2 fully saturated rings. The number of hydrogen-bond acceptors (Lipinski definition) is 2. The van der Waals surface area contributed by atoms with Gasteiger partial charge >= 0.3 is 0 Å². The van der Waals surface area contributed by atoms with Crippen molar-refractivity contribution >= 4 is 16.7 Å². The van der Waals surface area contributed by atoms with Crippen molar-refractivity contribution in [3.05, 3.63) is 24.0 Å². The van der Waals surface area contributed by atoms with Gasteiger partial charge in [-0.2, -0.15) is 0 Å². The van der Waals surface area contributed by atoms with Crippen molar-refractivity contribution in [2.45, 2.75) is 51.0 Å². The molecule has 0 atom stereocenters. The number of nitrogens with zero attached hydrogens (tertiary/aromatic N) is 2. The minimum absolute atomic E-state index is 0.704. The van der Waals surface area contributed by atoms with Crippen LogP contribution in [-0.4, -0.2) is 9.55 Å². The molecule has 2 aromatic rings. The molecular weight excluding hydrogens is 234 g/mol. The highest BCUT2D eigenvalue weighted by Crippen LogP contribution is 2.41. The molecule has 0 spiro atoms. The lowest BCUT2D eigenvalue weighted by atomic mass is 10.1. The van der Waals surface area contributed by atoms with Gasteiger partial charge in [-0.05, 0) is 49.8 Å². The zero-order chi connectivity index (χ0) is 12.8. The molecule has 3 nitrogen and oxygen atoms in total. The Morgan fingerprint density at radius 1 is 1.16 bits per heavy atom. The number of hydrogen-bond donors (Lipinski definition) is 1. The maximum Gasteiger partial charge on any atom is 0.113 e. The van der Waals surface area contributed by atoms with E-state index in [-0.39, 0.29) is 0 Å². The number of aromatic nitrogens is 2. The van der Waals surface area contributed by atoms with Crippen molar-refractivity contribution in [1.82, 2.24) is 9.55 Å². The van der Waals surface area contributed by atoms with Crippen LogP contribution in [0.1, 0.15) is 50.3 Å². The number of rotatable bonds is 3. The van der Waals surface area contributed by atoms with E-state index in [1.165, 1.54) is 49.9 Å². The van der Waals surface area contributed by atoms with Crippen LogP contribution >= 0.6 is 0 Å². The van der Waals surface area contributed by atoms with Crippen LogP contribution in [-0.2, 0) is 6.54 Å². The van der Waals surface area contributed by atoms with Crippen molar-refractivity contribution in [3.8, 4) is 0 Å². The molecule has 0 unspecified atom stereocenters. The summed E-state index contributed by atoms with van der Waals surface area (Å²) in [7, 11) is 0. The molecule has 0 bridgehead atoms. The Hall–Kier alpha value is -1.51. The quantitative estimate of drug-likeness (QED) is 0.850. The maximum absolute atomic E-state index is 5.89. The smallest absolute Gasteiger partial charge is 0.113 e. The molecule has 19 heavy (non-hydrogen) atoms. The fourth-order valence-corrected chi connectivity index (χ4v) is 3.46. The van der Waals surface area contributed by atoms with Gasteiger partial charge in [-0.15, -0.1) is 0 Å². The number of imidazole rings is 1. The van der Waals surface area contributed by atoms with Crippen molar-refractivity contribution in [1.29, 1.82) is 0 Å². The molecule has 0 aliphatic heterocycles. The first-order valence-corrected chi connectivity index (χ1v) is 7.57. The molecule has 4 rings (SSSR count). The number of fused-ring (bicyclic) bond motifs is 1. The Labute approximate surface area is 113 Å². The third-order valence-corrected chi connectivity index (χ3v) is 4.66.